The first-order chi connectivity index (χ1) is 14.2. The zero-order chi connectivity index (χ0) is 21.5. The number of alkyl halides is 3. The van der Waals surface area contributed by atoms with Crippen LogP contribution >= 0.6 is 0 Å². The summed E-state index contributed by atoms with van der Waals surface area (Å²) in [6.45, 7) is 0. The highest BCUT2D eigenvalue weighted by molar-refractivity contribution is 6.05. The van der Waals surface area contributed by atoms with E-state index in [4.69, 9.17) is 0 Å². The van der Waals surface area contributed by atoms with Crippen molar-refractivity contribution in [3.63, 3.8) is 0 Å². The van der Waals surface area contributed by atoms with E-state index in [0.717, 1.165) is 16.1 Å². The third-order valence-corrected chi connectivity index (χ3v) is 4.52. The fourth-order valence-electron chi connectivity index (χ4n) is 3.00. The van der Waals surface area contributed by atoms with Crippen LogP contribution in [0.15, 0.2) is 60.8 Å². The molecule has 0 saturated carbocycles. The van der Waals surface area contributed by atoms with Gasteiger partial charge in [-0.2, -0.15) is 18.3 Å². The van der Waals surface area contributed by atoms with Crippen molar-refractivity contribution in [2.45, 2.75) is 6.18 Å². The molecule has 4 aromatic rings. The second-order valence-corrected chi connectivity index (χ2v) is 6.63. The summed E-state index contributed by atoms with van der Waals surface area (Å²) in [5, 5.41) is 6.51. The normalized spacial score (nSPS) is 11.6. The zero-order valence-electron chi connectivity index (χ0n) is 15.5. The Kier molecular flexibility index (Phi) is 4.73. The quantitative estimate of drug-likeness (QED) is 0.478. The molecule has 0 aliphatic heterocycles. The van der Waals surface area contributed by atoms with E-state index in [1.54, 1.807) is 24.4 Å². The predicted molar refractivity (Wildman–Crippen MR) is 103 cm³/mol. The highest BCUT2D eigenvalue weighted by Crippen LogP contribution is 2.30. The Bertz CT molecular complexity index is 1260. The van der Waals surface area contributed by atoms with Crippen LogP contribution in [0.4, 0.5) is 23.4 Å². The van der Waals surface area contributed by atoms with Gasteiger partial charge >= 0.3 is 6.18 Å². The highest BCUT2D eigenvalue weighted by atomic mass is 19.4. The van der Waals surface area contributed by atoms with Gasteiger partial charge in [0.05, 0.1) is 5.52 Å². The average molecular weight is 414 g/mol. The zero-order valence-corrected chi connectivity index (χ0v) is 15.5. The standard InChI is InChI=1S/C21H14F4N4O/c1-29-19(10-18(28-29)21(23,24)25)27-20(30)14-6-5-13-7-15(11-26-17(13)9-14)12-3-2-4-16(22)8-12/h2-11H,1H3,(H,27,30). The van der Waals surface area contributed by atoms with Crippen LogP contribution in [0.25, 0.3) is 22.0 Å². The van der Waals surface area contributed by atoms with Crippen LogP contribution in [0.1, 0.15) is 16.1 Å². The first kappa shape index (κ1) is 19.6. The molecule has 2 heterocycles. The van der Waals surface area contributed by atoms with Crippen molar-refractivity contribution in [3.8, 4) is 11.1 Å². The van der Waals surface area contributed by atoms with E-state index in [1.165, 1.54) is 31.3 Å². The highest BCUT2D eigenvalue weighted by Gasteiger charge is 2.34. The number of fused-ring (bicyclic) bond motifs is 1. The van der Waals surface area contributed by atoms with Gasteiger partial charge in [-0.1, -0.05) is 18.2 Å². The number of hydrogen-bond donors (Lipinski definition) is 1. The maximum absolute atomic E-state index is 13.4. The summed E-state index contributed by atoms with van der Waals surface area (Å²) < 4.78 is 52.7. The Morgan fingerprint density at radius 3 is 2.53 bits per heavy atom. The Labute approximate surface area is 168 Å². The lowest BCUT2D eigenvalue weighted by Crippen LogP contribution is -2.14. The van der Waals surface area contributed by atoms with Gasteiger partial charge in [0.15, 0.2) is 5.69 Å². The van der Waals surface area contributed by atoms with Crippen molar-refractivity contribution in [2.24, 2.45) is 7.05 Å². The van der Waals surface area contributed by atoms with Crippen LogP contribution in [-0.4, -0.2) is 20.7 Å². The molecule has 30 heavy (non-hydrogen) atoms. The average Bonchev–Trinajstić information content (AvgIpc) is 3.08. The van der Waals surface area contributed by atoms with Crippen molar-refractivity contribution in [1.82, 2.24) is 14.8 Å². The lowest BCUT2D eigenvalue weighted by atomic mass is 10.0. The first-order valence-electron chi connectivity index (χ1n) is 8.79. The second-order valence-electron chi connectivity index (χ2n) is 6.63. The topological polar surface area (TPSA) is 59.8 Å². The van der Waals surface area contributed by atoms with Gasteiger partial charge in [-0.3, -0.25) is 14.5 Å². The minimum Gasteiger partial charge on any atom is -0.307 e. The van der Waals surface area contributed by atoms with Gasteiger partial charge in [-0.15, -0.1) is 0 Å². The van der Waals surface area contributed by atoms with Gasteiger partial charge < -0.3 is 5.32 Å². The molecule has 1 amide bonds. The van der Waals surface area contributed by atoms with E-state index in [-0.39, 0.29) is 17.2 Å². The molecule has 2 aromatic carbocycles. The Morgan fingerprint density at radius 1 is 1.03 bits per heavy atom. The molecular weight excluding hydrogens is 400 g/mol. The number of carbonyl (C=O) groups excluding carboxylic acids is 1. The molecule has 0 fully saturated rings. The maximum Gasteiger partial charge on any atom is 0.435 e. The van der Waals surface area contributed by atoms with Gasteiger partial charge in [-0.25, -0.2) is 4.39 Å². The van der Waals surface area contributed by atoms with E-state index in [1.807, 2.05) is 6.07 Å². The predicted octanol–water partition coefficient (Wildman–Crippen LogP) is 5.05. The molecule has 0 spiro atoms. The molecule has 0 atom stereocenters. The minimum absolute atomic E-state index is 0.0816. The van der Waals surface area contributed by atoms with Crippen LogP contribution in [0, 0.1) is 5.82 Å². The van der Waals surface area contributed by atoms with E-state index in [2.05, 4.69) is 15.4 Å². The number of aryl methyl sites for hydroxylation is 1. The number of anilines is 1. The van der Waals surface area contributed by atoms with E-state index in [0.29, 0.717) is 16.6 Å². The number of halogens is 4. The Balaban J connectivity index is 1.60. The second kappa shape index (κ2) is 7.25. The lowest BCUT2D eigenvalue weighted by Gasteiger charge is -2.07. The van der Waals surface area contributed by atoms with Crippen LogP contribution in [0.3, 0.4) is 0 Å². The summed E-state index contributed by atoms with van der Waals surface area (Å²) in [5.74, 6) is -1.03. The summed E-state index contributed by atoms with van der Waals surface area (Å²) in [5.41, 5.74) is 1.04. The fraction of sp³-hybridized carbons (Fsp3) is 0.0952. The Morgan fingerprint density at radius 2 is 1.83 bits per heavy atom. The number of aromatic nitrogens is 3. The summed E-state index contributed by atoms with van der Waals surface area (Å²) in [7, 11) is 1.31. The molecule has 5 nitrogen and oxygen atoms in total. The number of amides is 1. The number of hydrogen-bond acceptors (Lipinski definition) is 3. The third kappa shape index (κ3) is 3.86. The third-order valence-electron chi connectivity index (χ3n) is 4.52. The van der Waals surface area contributed by atoms with Gasteiger partial charge in [0.25, 0.3) is 5.91 Å². The molecule has 1 N–H and O–H groups in total. The number of carbonyl (C=O) groups is 1. The largest absolute Gasteiger partial charge is 0.435 e. The molecule has 0 aliphatic rings. The molecule has 0 unspecified atom stereocenters. The smallest absolute Gasteiger partial charge is 0.307 e. The molecule has 0 aliphatic carbocycles. The summed E-state index contributed by atoms with van der Waals surface area (Å²) in [6, 6.07) is 13.4. The van der Waals surface area contributed by atoms with Crippen molar-refractivity contribution >= 4 is 22.6 Å². The van der Waals surface area contributed by atoms with E-state index < -0.39 is 17.8 Å². The van der Waals surface area contributed by atoms with Crippen molar-refractivity contribution in [3.05, 3.63) is 77.9 Å². The monoisotopic (exact) mass is 414 g/mol. The van der Waals surface area contributed by atoms with E-state index >= 15 is 0 Å². The van der Waals surface area contributed by atoms with E-state index in [9.17, 15) is 22.4 Å². The number of benzene rings is 2. The maximum atomic E-state index is 13.4. The molecule has 152 valence electrons. The number of nitrogens with zero attached hydrogens (tertiary/aromatic N) is 3. The van der Waals surface area contributed by atoms with Crippen LogP contribution in [0.5, 0.6) is 0 Å². The van der Waals surface area contributed by atoms with Gasteiger partial charge in [0, 0.05) is 35.8 Å². The molecule has 0 saturated heterocycles. The fourth-order valence-corrected chi connectivity index (χ4v) is 3.00. The minimum atomic E-state index is -4.60. The lowest BCUT2D eigenvalue weighted by molar-refractivity contribution is -0.141. The number of rotatable bonds is 3. The summed E-state index contributed by atoms with van der Waals surface area (Å²) in [6.07, 6.45) is -3.04. The molecule has 2 aromatic heterocycles. The molecule has 4 rings (SSSR count). The molecule has 0 bridgehead atoms. The summed E-state index contributed by atoms with van der Waals surface area (Å²) in [4.78, 5) is 16.8. The van der Waals surface area contributed by atoms with Crippen LogP contribution in [-0.2, 0) is 13.2 Å². The molecular formula is C21H14F4N4O. The van der Waals surface area contributed by atoms with Gasteiger partial charge in [0.2, 0.25) is 0 Å². The van der Waals surface area contributed by atoms with Crippen molar-refractivity contribution in [2.75, 3.05) is 5.32 Å². The molecule has 0 radical (unpaired) electrons. The Hall–Kier alpha value is -3.75. The van der Waals surface area contributed by atoms with Gasteiger partial charge in [0.1, 0.15) is 11.6 Å². The SMILES string of the molecule is Cn1nc(C(F)(F)F)cc1NC(=O)c1ccc2cc(-c3cccc(F)c3)cnc2c1. The number of nitrogens with one attached hydrogen (secondary N) is 1. The van der Waals surface area contributed by atoms with Crippen molar-refractivity contribution < 1.29 is 22.4 Å². The van der Waals surface area contributed by atoms with Crippen LogP contribution < -0.4 is 5.32 Å². The van der Waals surface area contributed by atoms with Crippen LogP contribution in [0.2, 0.25) is 0 Å². The summed E-state index contributed by atoms with van der Waals surface area (Å²) >= 11 is 0. The molecule has 9 heteroatoms. The first-order valence-corrected chi connectivity index (χ1v) is 8.79. The van der Waals surface area contributed by atoms with Crippen molar-refractivity contribution in [1.29, 1.82) is 0 Å². The van der Waals surface area contributed by atoms with Gasteiger partial charge in [-0.05, 0) is 35.9 Å². The number of pyridine rings is 1.